The fourth-order valence-corrected chi connectivity index (χ4v) is 3.30. The fraction of sp³-hybridized carbons (Fsp3) is 0.214. The lowest BCUT2D eigenvalue weighted by molar-refractivity contribution is 0.255. The highest BCUT2D eigenvalue weighted by Gasteiger charge is 2.23. The standard InChI is InChI=1S/C14H15NO3S/c1-3-18-14-12(15)8-13(19(14)9-16)10-4-6-11(17-2)7-5-10/h4-8H,3,15H2,1-2H3. The third kappa shape index (κ3) is 2.57. The van der Waals surface area contributed by atoms with Crippen LogP contribution in [-0.2, 0) is 9.53 Å². The fourth-order valence-electron chi connectivity index (χ4n) is 1.79. The van der Waals surface area contributed by atoms with Crippen LogP contribution in [-0.4, -0.2) is 18.9 Å². The molecule has 19 heavy (non-hydrogen) atoms. The average molecular weight is 277 g/mol. The van der Waals surface area contributed by atoms with E-state index in [1.807, 2.05) is 36.4 Å². The van der Waals surface area contributed by atoms with E-state index < -0.39 is 10.5 Å². The number of ether oxygens (including phenoxy) is 2. The van der Waals surface area contributed by atoms with Gasteiger partial charge in [-0.2, -0.15) is 0 Å². The molecule has 0 amide bonds. The van der Waals surface area contributed by atoms with Crippen molar-refractivity contribution in [2.45, 2.75) is 6.92 Å². The van der Waals surface area contributed by atoms with Crippen LogP contribution in [0.1, 0.15) is 12.5 Å². The summed E-state index contributed by atoms with van der Waals surface area (Å²) in [5, 5.41) is 2.54. The van der Waals surface area contributed by atoms with E-state index in [0.29, 0.717) is 17.4 Å². The van der Waals surface area contributed by atoms with Crippen molar-refractivity contribution in [1.29, 1.82) is 0 Å². The van der Waals surface area contributed by atoms with Crippen LogP contribution in [0.15, 0.2) is 41.1 Å². The molecule has 2 N–H and O–H groups in total. The highest BCUT2D eigenvalue weighted by atomic mass is 32.2. The van der Waals surface area contributed by atoms with Gasteiger partial charge in [-0.3, -0.25) is 0 Å². The second-order valence-electron chi connectivity index (χ2n) is 3.80. The van der Waals surface area contributed by atoms with E-state index in [9.17, 15) is 4.79 Å². The van der Waals surface area contributed by atoms with Crippen LogP contribution in [0.5, 0.6) is 5.75 Å². The van der Waals surface area contributed by atoms with Crippen molar-refractivity contribution in [3.05, 3.63) is 46.7 Å². The highest BCUT2D eigenvalue weighted by molar-refractivity contribution is 8.25. The van der Waals surface area contributed by atoms with Gasteiger partial charge in [-0.05, 0) is 41.2 Å². The molecule has 5 heteroatoms. The van der Waals surface area contributed by atoms with E-state index in [2.05, 4.69) is 0 Å². The molecule has 0 fully saturated rings. The molecule has 2 rings (SSSR count). The summed E-state index contributed by atoms with van der Waals surface area (Å²) >= 11 is 0. The van der Waals surface area contributed by atoms with Gasteiger partial charge in [0.1, 0.15) is 5.75 Å². The van der Waals surface area contributed by atoms with Crippen LogP contribution in [0.25, 0.3) is 4.91 Å². The molecule has 0 saturated heterocycles. The maximum absolute atomic E-state index is 11.2. The largest absolute Gasteiger partial charge is 0.497 e. The van der Waals surface area contributed by atoms with Crippen LogP contribution in [0.4, 0.5) is 0 Å². The van der Waals surface area contributed by atoms with E-state index in [1.165, 1.54) is 0 Å². The van der Waals surface area contributed by atoms with Gasteiger partial charge in [-0.1, -0.05) is 12.1 Å². The molecule has 1 aliphatic rings. The maximum atomic E-state index is 11.2. The minimum atomic E-state index is -0.852. The quantitative estimate of drug-likeness (QED) is 0.859. The molecule has 4 nitrogen and oxygen atoms in total. The summed E-state index contributed by atoms with van der Waals surface area (Å²) in [5.41, 5.74) is 7.32. The van der Waals surface area contributed by atoms with Crippen molar-refractivity contribution in [2.24, 2.45) is 5.73 Å². The summed E-state index contributed by atoms with van der Waals surface area (Å²) in [7, 11) is 0.759. The number of carbonyl (C=O) groups excluding carboxylic acids is 1. The third-order valence-electron chi connectivity index (χ3n) is 2.66. The second kappa shape index (κ2) is 5.78. The summed E-state index contributed by atoms with van der Waals surface area (Å²) in [4.78, 5) is 12.0. The summed E-state index contributed by atoms with van der Waals surface area (Å²) in [6.07, 6.45) is 1.78. The highest BCUT2D eigenvalue weighted by Crippen LogP contribution is 2.46. The monoisotopic (exact) mass is 277 g/mol. The van der Waals surface area contributed by atoms with Gasteiger partial charge in [0, 0.05) is 4.91 Å². The third-order valence-corrected chi connectivity index (χ3v) is 4.35. The van der Waals surface area contributed by atoms with Crippen molar-refractivity contribution in [3.8, 4) is 5.75 Å². The van der Waals surface area contributed by atoms with Gasteiger partial charge in [0.25, 0.3) is 0 Å². The first-order valence-electron chi connectivity index (χ1n) is 5.82. The van der Waals surface area contributed by atoms with Crippen molar-refractivity contribution >= 4 is 20.6 Å². The minimum absolute atomic E-state index is 0.477. The number of methoxy groups -OCH3 is 1. The molecular formula is C14H15NO3S. The van der Waals surface area contributed by atoms with Crippen molar-refractivity contribution < 1.29 is 14.3 Å². The Balaban J connectivity index is 2.37. The number of hydrogen-bond donors (Lipinski definition) is 1. The van der Waals surface area contributed by atoms with Gasteiger partial charge in [-0.15, -0.1) is 0 Å². The van der Waals surface area contributed by atoms with E-state index in [4.69, 9.17) is 15.2 Å². The van der Waals surface area contributed by atoms with Crippen molar-refractivity contribution in [3.63, 3.8) is 0 Å². The van der Waals surface area contributed by atoms with Crippen LogP contribution < -0.4 is 10.5 Å². The van der Waals surface area contributed by atoms with Gasteiger partial charge in [-0.25, -0.2) is 4.79 Å². The van der Waals surface area contributed by atoms with Gasteiger partial charge in [0.05, 0.1) is 19.4 Å². The molecular weight excluding hydrogens is 262 g/mol. The predicted molar refractivity (Wildman–Crippen MR) is 77.1 cm³/mol. The molecule has 1 aromatic rings. The summed E-state index contributed by atoms with van der Waals surface area (Å²) in [6.45, 7) is 2.34. The molecule has 1 unspecified atom stereocenters. The lowest BCUT2D eigenvalue weighted by atomic mass is 10.2. The van der Waals surface area contributed by atoms with Crippen LogP contribution in [0.2, 0.25) is 0 Å². The van der Waals surface area contributed by atoms with Crippen molar-refractivity contribution in [1.82, 2.24) is 0 Å². The molecule has 1 aromatic carbocycles. The molecule has 0 radical (unpaired) electrons. The second-order valence-corrected chi connectivity index (χ2v) is 5.39. The van der Waals surface area contributed by atoms with Gasteiger partial charge >= 0.3 is 0 Å². The van der Waals surface area contributed by atoms with E-state index in [-0.39, 0.29) is 0 Å². The molecule has 1 aliphatic heterocycles. The van der Waals surface area contributed by atoms with Crippen LogP contribution >= 0.6 is 10.5 Å². The maximum Gasteiger partial charge on any atom is 0.185 e. The zero-order chi connectivity index (χ0) is 13.8. The Morgan fingerprint density at radius 1 is 1.32 bits per heavy atom. The van der Waals surface area contributed by atoms with Gasteiger partial charge in [0.2, 0.25) is 0 Å². The van der Waals surface area contributed by atoms with Crippen molar-refractivity contribution in [2.75, 3.05) is 13.7 Å². The van der Waals surface area contributed by atoms with E-state index in [0.717, 1.165) is 16.2 Å². The van der Waals surface area contributed by atoms with Crippen LogP contribution in [0, 0.1) is 0 Å². The average Bonchev–Trinajstić information content (AvgIpc) is 2.76. The Bertz CT molecular complexity index is 596. The number of hydrogen-bond acceptors (Lipinski definition) is 4. The Labute approximate surface area is 114 Å². The number of rotatable bonds is 4. The zero-order valence-electron chi connectivity index (χ0n) is 10.8. The summed E-state index contributed by atoms with van der Waals surface area (Å²) < 4.78 is 10.6. The minimum Gasteiger partial charge on any atom is -0.497 e. The lowest BCUT2D eigenvalue weighted by Crippen LogP contribution is -1.98. The van der Waals surface area contributed by atoms with Gasteiger partial charge in [0.15, 0.2) is 10.3 Å². The van der Waals surface area contributed by atoms with Gasteiger partial charge < -0.3 is 15.2 Å². The van der Waals surface area contributed by atoms with Crippen LogP contribution in [0.3, 0.4) is 0 Å². The zero-order valence-corrected chi connectivity index (χ0v) is 11.6. The number of allylic oxidation sites excluding steroid dienone is 1. The smallest absolute Gasteiger partial charge is 0.185 e. The van der Waals surface area contributed by atoms with E-state index in [1.54, 1.807) is 13.2 Å². The predicted octanol–water partition coefficient (Wildman–Crippen LogP) is 2.55. The molecule has 0 saturated carbocycles. The molecule has 1 atom stereocenters. The summed E-state index contributed by atoms with van der Waals surface area (Å²) in [6, 6.07) is 7.48. The molecule has 0 aromatic heterocycles. The first-order chi connectivity index (χ1) is 9.21. The normalized spacial score (nSPS) is 18.0. The number of nitrogens with two attached hydrogens (primary N) is 1. The first kappa shape index (κ1) is 13.5. The molecule has 0 aliphatic carbocycles. The Kier molecular flexibility index (Phi) is 4.10. The SMILES string of the molecule is CCOC1=C(N)C=C(c2ccc(OC)cc2)S1=C=O. The lowest BCUT2D eigenvalue weighted by Gasteiger charge is -2.09. The molecule has 100 valence electrons. The molecule has 0 spiro atoms. The first-order valence-corrected chi connectivity index (χ1v) is 7.04. The molecule has 1 heterocycles. The molecule has 0 bridgehead atoms. The Hall–Kier alpha value is -1.97. The number of benzene rings is 1. The Morgan fingerprint density at radius 3 is 2.53 bits per heavy atom. The summed E-state index contributed by atoms with van der Waals surface area (Å²) in [5.74, 6) is 0.767. The Morgan fingerprint density at radius 2 is 2.00 bits per heavy atom. The topological polar surface area (TPSA) is 61.6 Å². The van der Waals surface area contributed by atoms with E-state index >= 15 is 0 Å².